The van der Waals surface area contributed by atoms with Crippen LogP contribution in [0.2, 0.25) is 0 Å². The van der Waals surface area contributed by atoms with Crippen molar-refractivity contribution < 1.29 is 17.6 Å². The number of benzene rings is 1. The fourth-order valence-corrected chi connectivity index (χ4v) is 3.60. The molecule has 2 aromatic rings. The molecule has 10 heteroatoms. The van der Waals surface area contributed by atoms with Gasteiger partial charge in [-0.15, -0.1) is 24.0 Å². The van der Waals surface area contributed by atoms with Crippen molar-refractivity contribution in [3.8, 4) is 0 Å². The van der Waals surface area contributed by atoms with Gasteiger partial charge in [0.15, 0.2) is 5.96 Å². The number of nitrogens with one attached hydrogen (secondary N) is 2. The summed E-state index contributed by atoms with van der Waals surface area (Å²) in [6, 6.07) is 7.60. The molecule has 178 valence electrons. The second kappa shape index (κ2) is 11.3. The van der Waals surface area contributed by atoms with Gasteiger partial charge in [0.05, 0.1) is 11.6 Å². The van der Waals surface area contributed by atoms with Crippen LogP contribution >= 0.6 is 24.0 Å². The second-order valence-corrected chi connectivity index (χ2v) is 7.87. The molecule has 3 rings (SSSR count). The molecule has 0 radical (unpaired) electrons. The van der Waals surface area contributed by atoms with Crippen LogP contribution in [0.5, 0.6) is 0 Å². The van der Waals surface area contributed by atoms with Crippen molar-refractivity contribution in [1.82, 2.24) is 15.5 Å². The van der Waals surface area contributed by atoms with E-state index in [0.29, 0.717) is 11.5 Å². The first-order valence-electron chi connectivity index (χ1n) is 10.3. The summed E-state index contributed by atoms with van der Waals surface area (Å²) in [5, 5.41) is 6.37. The number of furan rings is 1. The lowest BCUT2D eigenvalue weighted by Crippen LogP contribution is -2.45. The molecule has 2 N–H and O–H groups in total. The number of rotatable bonds is 5. The number of halogens is 4. The third kappa shape index (κ3) is 6.77. The normalized spacial score (nSPS) is 16.5. The highest BCUT2D eigenvalue weighted by atomic mass is 127. The van der Waals surface area contributed by atoms with Crippen LogP contribution in [0.1, 0.15) is 35.6 Å². The first-order valence-corrected chi connectivity index (χ1v) is 10.3. The monoisotopic (exact) mass is 565 g/mol. The number of hydrogen-bond acceptors (Lipinski definition) is 4. The molecule has 0 saturated carbocycles. The van der Waals surface area contributed by atoms with E-state index in [-0.39, 0.29) is 36.6 Å². The molecule has 0 spiro atoms. The molecule has 0 amide bonds. The first kappa shape index (κ1) is 26.3. The highest BCUT2D eigenvalue weighted by Gasteiger charge is 2.31. The minimum atomic E-state index is -4.39. The van der Waals surface area contributed by atoms with Crippen molar-refractivity contribution in [3.05, 3.63) is 53.0 Å². The minimum absolute atomic E-state index is 0. The van der Waals surface area contributed by atoms with E-state index in [1.54, 1.807) is 13.1 Å². The van der Waals surface area contributed by atoms with Crippen molar-refractivity contribution in [1.29, 1.82) is 0 Å². The van der Waals surface area contributed by atoms with E-state index in [1.807, 2.05) is 33.0 Å². The van der Waals surface area contributed by atoms with Gasteiger partial charge >= 0.3 is 6.18 Å². The average Bonchev–Trinajstić information content (AvgIpc) is 3.17. The van der Waals surface area contributed by atoms with E-state index in [0.717, 1.165) is 49.5 Å². The van der Waals surface area contributed by atoms with Crippen molar-refractivity contribution >= 4 is 35.6 Å². The number of aryl methyl sites for hydroxylation is 1. The number of guanidine groups is 1. The van der Waals surface area contributed by atoms with Crippen LogP contribution < -0.4 is 15.5 Å². The Balaban J connectivity index is 0.00000363. The molecule has 0 bridgehead atoms. The summed E-state index contributed by atoms with van der Waals surface area (Å²) >= 11 is 0. The molecule has 1 atom stereocenters. The zero-order valence-electron chi connectivity index (χ0n) is 18.8. The molecule has 0 aliphatic carbocycles. The van der Waals surface area contributed by atoms with E-state index in [4.69, 9.17) is 4.42 Å². The van der Waals surface area contributed by atoms with Crippen LogP contribution in [0.25, 0.3) is 0 Å². The van der Waals surface area contributed by atoms with E-state index < -0.39 is 11.7 Å². The molecule has 1 aromatic heterocycles. The van der Waals surface area contributed by atoms with Crippen molar-refractivity contribution in [2.75, 3.05) is 45.2 Å². The van der Waals surface area contributed by atoms with E-state index in [2.05, 4.69) is 25.4 Å². The highest BCUT2D eigenvalue weighted by molar-refractivity contribution is 14.0. The van der Waals surface area contributed by atoms with Gasteiger partial charge in [0, 0.05) is 45.5 Å². The zero-order valence-corrected chi connectivity index (χ0v) is 21.1. The Morgan fingerprint density at radius 2 is 1.84 bits per heavy atom. The minimum Gasteiger partial charge on any atom is -0.464 e. The number of alkyl halides is 3. The van der Waals surface area contributed by atoms with Gasteiger partial charge < -0.3 is 24.9 Å². The van der Waals surface area contributed by atoms with E-state index >= 15 is 0 Å². The highest BCUT2D eigenvalue weighted by Crippen LogP contribution is 2.33. The number of likely N-dealkylation sites (N-methyl/N-ethyl adjacent to an activating group) is 1. The van der Waals surface area contributed by atoms with Crippen LogP contribution in [0.15, 0.2) is 39.7 Å². The molecule has 32 heavy (non-hydrogen) atoms. The van der Waals surface area contributed by atoms with Gasteiger partial charge in [0.25, 0.3) is 0 Å². The summed E-state index contributed by atoms with van der Waals surface area (Å²) < 4.78 is 45.6. The zero-order chi connectivity index (χ0) is 22.6. The third-order valence-electron chi connectivity index (χ3n) is 5.46. The number of hydrogen-bond donors (Lipinski definition) is 2. The van der Waals surface area contributed by atoms with Gasteiger partial charge in [-0.3, -0.25) is 4.99 Å². The summed E-state index contributed by atoms with van der Waals surface area (Å²) in [5.74, 6) is 2.06. The largest absolute Gasteiger partial charge is 0.464 e. The van der Waals surface area contributed by atoms with Gasteiger partial charge in [-0.25, -0.2) is 0 Å². The summed E-state index contributed by atoms with van der Waals surface area (Å²) in [6.45, 7) is 7.32. The maximum absolute atomic E-state index is 13.3. The number of piperazine rings is 1. The van der Waals surface area contributed by atoms with Crippen molar-refractivity contribution in [3.63, 3.8) is 0 Å². The quantitative estimate of drug-likeness (QED) is 0.320. The molecule has 6 nitrogen and oxygen atoms in total. The van der Waals surface area contributed by atoms with Crippen LogP contribution in [0, 0.1) is 6.92 Å². The Kier molecular flexibility index (Phi) is 9.26. The van der Waals surface area contributed by atoms with Crippen molar-refractivity contribution in [2.45, 2.75) is 32.6 Å². The van der Waals surface area contributed by atoms with Gasteiger partial charge in [-0.05, 0) is 56.8 Å². The fraction of sp³-hybridized carbons (Fsp3) is 0.500. The topological polar surface area (TPSA) is 56.0 Å². The summed E-state index contributed by atoms with van der Waals surface area (Å²) in [6.07, 6.45) is -4.39. The van der Waals surface area contributed by atoms with Gasteiger partial charge in [0.1, 0.15) is 11.5 Å². The SMILES string of the molecule is CN=C(NCc1cc(C(F)(F)F)ccc1N1CCN(C)CC1)NC(C)c1ccc(C)o1.I. The first-order chi connectivity index (χ1) is 14.7. The van der Waals surface area contributed by atoms with Crippen molar-refractivity contribution in [2.24, 2.45) is 4.99 Å². The molecule has 1 aliphatic rings. The molecule has 1 fully saturated rings. The summed E-state index contributed by atoms with van der Waals surface area (Å²) in [7, 11) is 3.67. The average molecular weight is 565 g/mol. The maximum Gasteiger partial charge on any atom is 0.416 e. The number of nitrogens with zero attached hydrogens (tertiary/aromatic N) is 3. The Morgan fingerprint density at radius 1 is 1.16 bits per heavy atom. The van der Waals surface area contributed by atoms with Crippen LogP contribution in [-0.4, -0.2) is 51.1 Å². The molecule has 1 saturated heterocycles. The molecular formula is C22H31F3IN5O. The molecule has 1 aliphatic heterocycles. The Morgan fingerprint density at radius 3 is 2.41 bits per heavy atom. The molecule has 2 heterocycles. The summed E-state index contributed by atoms with van der Waals surface area (Å²) in [5.41, 5.74) is 0.757. The lowest BCUT2D eigenvalue weighted by atomic mass is 10.1. The van der Waals surface area contributed by atoms with Crippen LogP contribution in [0.3, 0.4) is 0 Å². The Bertz CT molecular complexity index is 907. The van der Waals surface area contributed by atoms with Crippen LogP contribution in [0.4, 0.5) is 18.9 Å². The van der Waals surface area contributed by atoms with Crippen LogP contribution in [-0.2, 0) is 12.7 Å². The lowest BCUT2D eigenvalue weighted by Gasteiger charge is -2.35. The predicted molar refractivity (Wildman–Crippen MR) is 132 cm³/mol. The third-order valence-corrected chi connectivity index (χ3v) is 5.46. The Labute approximate surface area is 204 Å². The van der Waals surface area contributed by atoms with Gasteiger partial charge in [0.2, 0.25) is 0 Å². The van der Waals surface area contributed by atoms with E-state index in [1.165, 1.54) is 6.07 Å². The molecule has 1 aromatic carbocycles. The maximum atomic E-state index is 13.3. The number of anilines is 1. The molecular weight excluding hydrogens is 534 g/mol. The Hall–Kier alpha value is -1.95. The smallest absolute Gasteiger partial charge is 0.416 e. The van der Waals surface area contributed by atoms with E-state index in [9.17, 15) is 13.2 Å². The molecule has 1 unspecified atom stereocenters. The fourth-order valence-electron chi connectivity index (χ4n) is 3.60. The standard InChI is InChI=1S/C22H30F3N5O.HI/c1-15-5-8-20(31-15)16(2)28-21(26-3)27-14-17-13-18(22(23,24)25)6-7-19(17)30-11-9-29(4)10-12-30;/h5-8,13,16H,9-12,14H2,1-4H3,(H2,26,27,28);1H. The van der Waals surface area contributed by atoms with Gasteiger partial charge in [-0.1, -0.05) is 0 Å². The lowest BCUT2D eigenvalue weighted by molar-refractivity contribution is -0.137. The number of aliphatic imine (C=N–C) groups is 1. The second-order valence-electron chi connectivity index (χ2n) is 7.87. The van der Waals surface area contributed by atoms with Gasteiger partial charge in [-0.2, -0.15) is 13.2 Å². The summed E-state index contributed by atoms with van der Waals surface area (Å²) in [4.78, 5) is 8.56. The predicted octanol–water partition coefficient (Wildman–Crippen LogP) is 4.40.